The predicted octanol–water partition coefficient (Wildman–Crippen LogP) is 19.5. The van der Waals surface area contributed by atoms with Gasteiger partial charge in [-0.15, -0.1) is 0 Å². The van der Waals surface area contributed by atoms with E-state index in [1.807, 2.05) is 0 Å². The van der Waals surface area contributed by atoms with E-state index in [0.717, 1.165) is 34.1 Å². The fourth-order valence-electron chi connectivity index (χ4n) is 10.7. The van der Waals surface area contributed by atoms with E-state index in [9.17, 15) is 0 Å². The molecule has 0 bridgehead atoms. The standard InChI is InChI=1S/C68H48N2/c1-45-19-23-51(24-20-45)67-63-37-35-62(70(59-33-29-49-13-5-9-17-55(49)41-59)60-34-30-50-14-6-10-18-56(50)42-60)44-66(63)68(52-25-21-46(2)22-26-52)64-38-36-61(43-65(64)67)69(57-31-27-47-11-3-7-15-53(47)39-57)58-32-28-48-12-4-8-16-54(48)40-58/h3-44H,1-2H3. The number of fused-ring (bicyclic) bond motifs is 6. The first-order valence-corrected chi connectivity index (χ1v) is 24.2. The Morgan fingerprint density at radius 1 is 0.214 bits per heavy atom. The average molecular weight is 893 g/mol. The molecule has 70 heavy (non-hydrogen) atoms. The molecule has 0 spiro atoms. The number of anilines is 6. The number of benzene rings is 13. The summed E-state index contributed by atoms with van der Waals surface area (Å²) in [6.45, 7) is 4.34. The van der Waals surface area contributed by atoms with E-state index in [1.54, 1.807) is 0 Å². The van der Waals surface area contributed by atoms with Crippen molar-refractivity contribution in [2.24, 2.45) is 0 Å². The van der Waals surface area contributed by atoms with E-state index in [-0.39, 0.29) is 0 Å². The van der Waals surface area contributed by atoms with Crippen LogP contribution in [0, 0.1) is 13.8 Å². The van der Waals surface area contributed by atoms with Gasteiger partial charge in [0, 0.05) is 34.1 Å². The smallest absolute Gasteiger partial charge is 0.0468 e. The van der Waals surface area contributed by atoms with Crippen molar-refractivity contribution in [3.63, 3.8) is 0 Å². The second-order valence-electron chi connectivity index (χ2n) is 18.7. The van der Waals surface area contributed by atoms with Crippen LogP contribution in [0.5, 0.6) is 0 Å². The number of rotatable bonds is 8. The van der Waals surface area contributed by atoms with Crippen molar-refractivity contribution in [3.8, 4) is 22.3 Å². The van der Waals surface area contributed by atoms with Crippen LogP contribution >= 0.6 is 0 Å². The summed E-state index contributed by atoms with van der Waals surface area (Å²) in [6, 6.07) is 94.4. The molecule has 0 heterocycles. The second-order valence-corrected chi connectivity index (χ2v) is 18.7. The highest BCUT2D eigenvalue weighted by atomic mass is 15.1. The van der Waals surface area contributed by atoms with Gasteiger partial charge in [-0.05, 0) is 174 Å². The van der Waals surface area contributed by atoms with Gasteiger partial charge in [0.1, 0.15) is 0 Å². The lowest BCUT2D eigenvalue weighted by atomic mass is 9.85. The van der Waals surface area contributed by atoms with Crippen LogP contribution in [0.15, 0.2) is 255 Å². The van der Waals surface area contributed by atoms with Crippen molar-refractivity contribution in [1.82, 2.24) is 0 Å². The molecule has 0 N–H and O–H groups in total. The van der Waals surface area contributed by atoms with E-state index >= 15 is 0 Å². The molecule has 0 aliphatic rings. The fraction of sp³-hybridized carbons (Fsp3) is 0.0294. The highest BCUT2D eigenvalue weighted by Gasteiger charge is 2.23. The lowest BCUT2D eigenvalue weighted by molar-refractivity contribution is 1.30. The van der Waals surface area contributed by atoms with E-state index in [1.165, 1.54) is 98.0 Å². The molecule has 13 aromatic carbocycles. The monoisotopic (exact) mass is 892 g/mol. The van der Waals surface area contributed by atoms with Gasteiger partial charge in [0.25, 0.3) is 0 Å². The topological polar surface area (TPSA) is 6.48 Å². The molecule has 0 aliphatic heterocycles. The first-order valence-electron chi connectivity index (χ1n) is 24.2. The minimum Gasteiger partial charge on any atom is -0.310 e. The van der Waals surface area contributed by atoms with Crippen molar-refractivity contribution in [2.75, 3.05) is 9.80 Å². The summed E-state index contributed by atoms with van der Waals surface area (Å²) in [5, 5.41) is 14.5. The molecule has 0 fully saturated rings. The van der Waals surface area contributed by atoms with Crippen LogP contribution in [0.3, 0.4) is 0 Å². The van der Waals surface area contributed by atoms with Crippen molar-refractivity contribution in [3.05, 3.63) is 266 Å². The molecule has 0 saturated heterocycles. The van der Waals surface area contributed by atoms with Gasteiger partial charge in [0.2, 0.25) is 0 Å². The van der Waals surface area contributed by atoms with Crippen molar-refractivity contribution >= 4 is 98.8 Å². The predicted molar refractivity (Wildman–Crippen MR) is 301 cm³/mol. The zero-order chi connectivity index (χ0) is 46.7. The van der Waals surface area contributed by atoms with Crippen molar-refractivity contribution < 1.29 is 0 Å². The summed E-state index contributed by atoms with van der Waals surface area (Å²) < 4.78 is 0. The van der Waals surface area contributed by atoms with Crippen LogP contribution < -0.4 is 9.80 Å². The van der Waals surface area contributed by atoms with Crippen molar-refractivity contribution in [1.29, 1.82) is 0 Å². The SMILES string of the molecule is Cc1ccc(-c2c3ccc(N(c4ccc5ccccc5c4)c4ccc5ccccc5c4)cc3c(-c3ccc(C)cc3)c3ccc(N(c4ccc5ccccc5c4)c4ccc5ccccc5c4)cc23)cc1. The number of nitrogens with zero attached hydrogens (tertiary/aromatic N) is 2. The summed E-state index contributed by atoms with van der Waals surface area (Å²) in [5.74, 6) is 0. The maximum atomic E-state index is 2.44. The minimum absolute atomic E-state index is 1.09. The van der Waals surface area contributed by atoms with Crippen LogP contribution in [0.4, 0.5) is 34.1 Å². The Morgan fingerprint density at radius 2 is 0.471 bits per heavy atom. The molecule has 0 amide bonds. The molecule has 2 heteroatoms. The van der Waals surface area contributed by atoms with Crippen LogP contribution in [-0.4, -0.2) is 0 Å². The first-order chi connectivity index (χ1) is 34.5. The van der Waals surface area contributed by atoms with Crippen LogP contribution in [-0.2, 0) is 0 Å². The zero-order valence-corrected chi connectivity index (χ0v) is 39.1. The number of hydrogen-bond donors (Lipinski definition) is 0. The van der Waals surface area contributed by atoms with Gasteiger partial charge in [0.05, 0.1) is 0 Å². The Labute approximate surface area is 408 Å². The Morgan fingerprint density at radius 3 is 0.771 bits per heavy atom. The third kappa shape index (κ3) is 7.30. The third-order valence-electron chi connectivity index (χ3n) is 14.2. The molecule has 13 aromatic rings. The summed E-state index contributed by atoms with van der Waals surface area (Å²) in [6.07, 6.45) is 0. The molecule has 0 atom stereocenters. The van der Waals surface area contributed by atoms with Gasteiger partial charge in [-0.2, -0.15) is 0 Å². The van der Waals surface area contributed by atoms with Gasteiger partial charge >= 0.3 is 0 Å². The quantitative estimate of drug-likeness (QED) is 0.140. The highest BCUT2D eigenvalue weighted by Crippen LogP contribution is 2.49. The van der Waals surface area contributed by atoms with E-state index in [2.05, 4.69) is 278 Å². The molecule has 0 radical (unpaired) electrons. The summed E-state index contributed by atoms with van der Waals surface area (Å²) in [4.78, 5) is 4.86. The normalized spacial score (nSPS) is 11.6. The van der Waals surface area contributed by atoms with Crippen LogP contribution in [0.1, 0.15) is 11.1 Å². The number of hydrogen-bond acceptors (Lipinski definition) is 2. The molecule has 0 saturated carbocycles. The third-order valence-corrected chi connectivity index (χ3v) is 14.2. The Bertz CT molecular complexity index is 3720. The maximum Gasteiger partial charge on any atom is 0.0468 e. The van der Waals surface area contributed by atoms with Crippen molar-refractivity contribution in [2.45, 2.75) is 13.8 Å². The lowest BCUT2D eigenvalue weighted by Crippen LogP contribution is -2.10. The van der Waals surface area contributed by atoms with E-state index in [4.69, 9.17) is 0 Å². The molecule has 0 aliphatic carbocycles. The van der Waals surface area contributed by atoms with Crippen LogP contribution in [0.2, 0.25) is 0 Å². The Balaban J connectivity index is 1.10. The number of aryl methyl sites for hydroxylation is 2. The highest BCUT2D eigenvalue weighted by molar-refractivity contribution is 6.23. The van der Waals surface area contributed by atoms with Crippen LogP contribution in [0.25, 0.3) is 86.9 Å². The molecule has 330 valence electrons. The lowest BCUT2D eigenvalue weighted by Gasteiger charge is -2.28. The van der Waals surface area contributed by atoms with Gasteiger partial charge in [-0.25, -0.2) is 0 Å². The van der Waals surface area contributed by atoms with Gasteiger partial charge < -0.3 is 9.80 Å². The maximum absolute atomic E-state index is 2.44. The van der Waals surface area contributed by atoms with Gasteiger partial charge in [-0.1, -0.05) is 193 Å². The molecular weight excluding hydrogens is 845 g/mol. The summed E-state index contributed by atoms with van der Waals surface area (Å²) >= 11 is 0. The summed E-state index contributed by atoms with van der Waals surface area (Å²) in [5.41, 5.74) is 13.9. The molecular formula is C68H48N2. The summed E-state index contributed by atoms with van der Waals surface area (Å²) in [7, 11) is 0. The first kappa shape index (κ1) is 41.2. The Hall–Kier alpha value is -8.98. The van der Waals surface area contributed by atoms with E-state index < -0.39 is 0 Å². The van der Waals surface area contributed by atoms with Gasteiger partial charge in [-0.3, -0.25) is 0 Å². The second kappa shape index (κ2) is 17.0. The minimum atomic E-state index is 1.09. The average Bonchev–Trinajstić information content (AvgIpc) is 3.41. The Kier molecular flexibility index (Phi) is 9.99. The molecule has 0 unspecified atom stereocenters. The van der Waals surface area contributed by atoms with Gasteiger partial charge in [0.15, 0.2) is 0 Å². The molecule has 0 aromatic heterocycles. The molecule has 2 nitrogen and oxygen atoms in total. The zero-order valence-electron chi connectivity index (χ0n) is 39.1. The fourth-order valence-corrected chi connectivity index (χ4v) is 10.7. The largest absolute Gasteiger partial charge is 0.310 e. The van der Waals surface area contributed by atoms with E-state index in [0.29, 0.717) is 0 Å². The molecule has 13 rings (SSSR count).